The molecule has 0 atom stereocenters. The van der Waals surface area contributed by atoms with Gasteiger partial charge in [0.15, 0.2) is 4.34 Å². The normalized spacial score (nSPS) is 13.9. The molecule has 0 saturated heterocycles. The van der Waals surface area contributed by atoms with Crippen LogP contribution in [-0.2, 0) is 22.9 Å². The summed E-state index contributed by atoms with van der Waals surface area (Å²) in [5, 5.41) is 20.4. The molecule has 0 radical (unpaired) electrons. The number of anilines is 1. The van der Waals surface area contributed by atoms with Gasteiger partial charge < -0.3 is 5.11 Å². The van der Waals surface area contributed by atoms with Crippen molar-refractivity contribution in [1.82, 2.24) is 0 Å². The van der Waals surface area contributed by atoms with Crippen LogP contribution in [0.5, 0.6) is 0 Å². The monoisotopic (exact) mass is 416 g/mol. The number of fused-ring (bicyclic) bond motifs is 1. The first kappa shape index (κ1) is 18.6. The van der Waals surface area contributed by atoms with E-state index in [1.807, 2.05) is 0 Å². The molecule has 0 aliphatic heterocycles. The number of rotatable bonds is 5. The summed E-state index contributed by atoms with van der Waals surface area (Å²) >= 11 is 6.25. The second-order valence-electron chi connectivity index (χ2n) is 5.73. The van der Waals surface area contributed by atoms with E-state index in [4.69, 9.17) is 11.6 Å². The molecule has 1 aromatic carbocycles. The second-order valence-corrected chi connectivity index (χ2v) is 9.29. The first-order chi connectivity index (χ1) is 12.2. The second kappa shape index (κ2) is 6.86. The molecule has 2 aromatic rings. The fourth-order valence-corrected chi connectivity index (χ4v) is 5.68. The Labute approximate surface area is 157 Å². The molecule has 0 amide bonds. The summed E-state index contributed by atoms with van der Waals surface area (Å²) in [5.41, 5.74) is 0.861. The molecule has 1 aliphatic carbocycles. The van der Waals surface area contributed by atoms with E-state index in [2.05, 4.69) is 4.72 Å². The van der Waals surface area contributed by atoms with E-state index in [0.717, 1.165) is 30.9 Å². The Bertz CT molecular complexity index is 1020. The Hall–Kier alpha value is -2.17. The number of hydrogen-bond donors (Lipinski definition) is 2. The van der Waals surface area contributed by atoms with Crippen LogP contribution in [0.1, 0.15) is 34.3 Å². The van der Waals surface area contributed by atoms with Crippen molar-refractivity contribution in [2.75, 3.05) is 4.72 Å². The lowest BCUT2D eigenvalue weighted by molar-refractivity contribution is -0.384. The molecular formula is C15H13ClN2O6S2. The minimum absolute atomic E-state index is 0.0645. The van der Waals surface area contributed by atoms with Gasteiger partial charge in [-0.2, -0.15) is 0 Å². The summed E-state index contributed by atoms with van der Waals surface area (Å²) in [5.74, 6) is -1.23. The summed E-state index contributed by atoms with van der Waals surface area (Å²) < 4.78 is 26.7. The maximum absolute atomic E-state index is 12.6. The van der Waals surface area contributed by atoms with Crippen molar-refractivity contribution in [3.63, 3.8) is 0 Å². The van der Waals surface area contributed by atoms with Gasteiger partial charge in [0.2, 0.25) is 0 Å². The molecule has 8 nitrogen and oxygen atoms in total. The molecule has 3 rings (SSSR count). The Balaban J connectivity index is 2.04. The number of nitrogens with zero attached hydrogens (tertiary/aromatic N) is 1. The van der Waals surface area contributed by atoms with Gasteiger partial charge in [-0.15, -0.1) is 11.3 Å². The molecule has 26 heavy (non-hydrogen) atoms. The number of nitrogens with one attached hydrogen (secondary N) is 1. The van der Waals surface area contributed by atoms with Gasteiger partial charge in [-0.05, 0) is 42.9 Å². The fourth-order valence-electron chi connectivity index (χ4n) is 2.95. The molecule has 0 bridgehead atoms. The zero-order valence-electron chi connectivity index (χ0n) is 13.2. The molecule has 1 heterocycles. The Morgan fingerprint density at radius 3 is 2.62 bits per heavy atom. The van der Waals surface area contributed by atoms with Gasteiger partial charge >= 0.3 is 5.97 Å². The van der Waals surface area contributed by atoms with Crippen LogP contribution >= 0.6 is 22.9 Å². The molecule has 0 fully saturated rings. The number of carboxylic acid groups (broad SMARTS) is 1. The van der Waals surface area contributed by atoms with Crippen molar-refractivity contribution >= 4 is 50.3 Å². The predicted octanol–water partition coefficient (Wildman–Crippen LogP) is 3.69. The summed E-state index contributed by atoms with van der Waals surface area (Å²) in [6, 6.07) is 3.98. The van der Waals surface area contributed by atoms with Gasteiger partial charge in [-0.1, -0.05) is 17.7 Å². The number of carboxylic acids is 1. The van der Waals surface area contributed by atoms with Crippen LogP contribution in [0.3, 0.4) is 0 Å². The fraction of sp³-hybridized carbons (Fsp3) is 0.267. The number of aromatic carboxylic acids is 1. The minimum atomic E-state index is -4.21. The summed E-state index contributed by atoms with van der Waals surface area (Å²) in [7, 11) is -4.21. The lowest BCUT2D eigenvalue weighted by atomic mass is 9.87. The van der Waals surface area contributed by atoms with Crippen LogP contribution in [-0.4, -0.2) is 24.4 Å². The standard InChI is InChI=1S/C15H13ClN2O6S2/c16-14-11(18(21)22)7-12(25-14)26(23,24)17-10-6-5-8-3-1-2-4-9(8)13(10)15(19)20/h5-7,17H,1-4H2,(H,19,20). The molecule has 1 aromatic heterocycles. The highest BCUT2D eigenvalue weighted by Gasteiger charge is 2.28. The van der Waals surface area contributed by atoms with Crippen LogP contribution in [0, 0.1) is 10.1 Å². The van der Waals surface area contributed by atoms with Crippen molar-refractivity contribution < 1.29 is 23.2 Å². The van der Waals surface area contributed by atoms with E-state index >= 15 is 0 Å². The molecule has 1 aliphatic rings. The molecule has 0 spiro atoms. The minimum Gasteiger partial charge on any atom is -0.478 e. The number of halogens is 1. The number of hydrogen-bond acceptors (Lipinski definition) is 6. The maximum Gasteiger partial charge on any atom is 0.338 e. The van der Waals surface area contributed by atoms with E-state index in [9.17, 15) is 28.4 Å². The highest BCUT2D eigenvalue weighted by atomic mass is 35.5. The Morgan fingerprint density at radius 2 is 2.00 bits per heavy atom. The van der Waals surface area contributed by atoms with E-state index < -0.39 is 26.6 Å². The molecular weight excluding hydrogens is 404 g/mol. The van der Waals surface area contributed by atoms with Crippen LogP contribution in [0.4, 0.5) is 11.4 Å². The molecule has 2 N–H and O–H groups in total. The molecule has 0 saturated carbocycles. The third kappa shape index (κ3) is 3.39. The van der Waals surface area contributed by atoms with Crippen LogP contribution in [0.2, 0.25) is 4.34 Å². The average molecular weight is 417 g/mol. The first-order valence-electron chi connectivity index (χ1n) is 7.55. The van der Waals surface area contributed by atoms with Gasteiger partial charge in [0.05, 0.1) is 16.2 Å². The van der Waals surface area contributed by atoms with Gasteiger partial charge in [0.1, 0.15) is 4.21 Å². The molecule has 0 unspecified atom stereocenters. The number of carbonyl (C=O) groups is 1. The van der Waals surface area contributed by atoms with Crippen molar-refractivity contribution in [3.8, 4) is 0 Å². The van der Waals surface area contributed by atoms with Crippen molar-refractivity contribution in [1.29, 1.82) is 0 Å². The Morgan fingerprint density at radius 1 is 1.31 bits per heavy atom. The van der Waals surface area contributed by atoms with E-state index in [1.165, 1.54) is 6.07 Å². The van der Waals surface area contributed by atoms with Crippen LogP contribution in [0.25, 0.3) is 0 Å². The van der Waals surface area contributed by atoms with E-state index in [0.29, 0.717) is 23.3 Å². The van der Waals surface area contributed by atoms with Crippen molar-refractivity contribution in [2.45, 2.75) is 29.9 Å². The van der Waals surface area contributed by atoms with Crippen molar-refractivity contribution in [2.24, 2.45) is 0 Å². The Kier molecular flexibility index (Phi) is 4.91. The first-order valence-corrected chi connectivity index (χ1v) is 10.2. The topological polar surface area (TPSA) is 127 Å². The van der Waals surface area contributed by atoms with Crippen LogP contribution < -0.4 is 4.72 Å². The highest BCUT2D eigenvalue weighted by Crippen LogP contribution is 2.38. The average Bonchev–Trinajstić information content (AvgIpc) is 2.97. The van der Waals surface area contributed by atoms with Crippen LogP contribution in [0.15, 0.2) is 22.4 Å². The summed E-state index contributed by atoms with van der Waals surface area (Å²) in [4.78, 5) is 21.8. The number of aryl methyl sites for hydroxylation is 1. The third-order valence-electron chi connectivity index (χ3n) is 4.10. The smallest absolute Gasteiger partial charge is 0.338 e. The molecule has 138 valence electrons. The van der Waals surface area contributed by atoms with Crippen molar-refractivity contribution in [3.05, 3.63) is 49.3 Å². The van der Waals surface area contributed by atoms with Gasteiger partial charge in [-0.25, -0.2) is 13.2 Å². The van der Waals surface area contributed by atoms with E-state index in [-0.39, 0.29) is 19.8 Å². The highest BCUT2D eigenvalue weighted by molar-refractivity contribution is 7.94. The number of sulfonamides is 1. The predicted molar refractivity (Wildman–Crippen MR) is 96.8 cm³/mol. The quantitative estimate of drug-likeness (QED) is 0.565. The number of nitro groups is 1. The third-order valence-corrected chi connectivity index (χ3v) is 7.28. The van der Waals surface area contributed by atoms with Gasteiger partial charge in [0.25, 0.3) is 15.7 Å². The molecule has 11 heteroatoms. The zero-order valence-corrected chi connectivity index (χ0v) is 15.6. The summed E-state index contributed by atoms with van der Waals surface area (Å²) in [6.07, 6.45) is 3.09. The largest absolute Gasteiger partial charge is 0.478 e. The lowest BCUT2D eigenvalue weighted by Crippen LogP contribution is -2.18. The van der Waals surface area contributed by atoms with Gasteiger partial charge in [0, 0.05) is 6.07 Å². The SMILES string of the molecule is O=C(O)c1c(NS(=O)(=O)c2cc([N+](=O)[O-])c(Cl)s2)ccc2c1CCCC2. The lowest BCUT2D eigenvalue weighted by Gasteiger charge is -2.20. The zero-order chi connectivity index (χ0) is 19.1. The summed E-state index contributed by atoms with van der Waals surface area (Å²) in [6.45, 7) is 0. The maximum atomic E-state index is 12.6. The van der Waals surface area contributed by atoms with Gasteiger partial charge in [-0.3, -0.25) is 14.8 Å². The van der Waals surface area contributed by atoms with E-state index in [1.54, 1.807) is 6.07 Å². The number of benzene rings is 1. The number of thiophene rings is 1.